The zero-order chi connectivity index (χ0) is 21.4. The molecule has 2 aromatic carbocycles. The van der Waals surface area contributed by atoms with Gasteiger partial charge in [-0.05, 0) is 0 Å². The predicted octanol–water partition coefficient (Wildman–Crippen LogP) is -1.17. The molecule has 0 spiro atoms. The van der Waals surface area contributed by atoms with Crippen molar-refractivity contribution in [3.63, 3.8) is 0 Å². The molecule has 0 radical (unpaired) electrons. The summed E-state index contributed by atoms with van der Waals surface area (Å²) in [6.07, 6.45) is 1.89. The van der Waals surface area contributed by atoms with Crippen LogP contribution in [0.5, 0.6) is 0 Å². The molecule has 0 aliphatic carbocycles. The molecule has 0 fully saturated rings. The summed E-state index contributed by atoms with van der Waals surface area (Å²) in [6, 6.07) is 23.7. The minimum atomic E-state index is -4.94. The molecule has 29 heavy (non-hydrogen) atoms. The van der Waals surface area contributed by atoms with E-state index in [-0.39, 0.29) is 14.5 Å². The Hall–Kier alpha value is -2.09. The van der Waals surface area contributed by atoms with Crippen molar-refractivity contribution in [2.75, 3.05) is 14.1 Å². The summed E-state index contributed by atoms with van der Waals surface area (Å²) >= 11 is 0.182. The number of aryl methyl sites for hydroxylation is 1. The van der Waals surface area contributed by atoms with Gasteiger partial charge >= 0.3 is 149 Å². The van der Waals surface area contributed by atoms with Crippen LogP contribution >= 0.6 is 0 Å². The molecule has 8 heteroatoms. The fourth-order valence-corrected chi connectivity index (χ4v) is 4.48. The third-order valence-electron chi connectivity index (χ3n) is 3.67. The molecular formula is C21H21ClN2O4Se. The molecule has 152 valence electrons. The second-order valence-corrected chi connectivity index (χ2v) is 9.25. The number of hydrogen-bond donors (Lipinski definition) is 0. The van der Waals surface area contributed by atoms with Crippen LogP contribution in [0.2, 0.25) is 0 Å². The van der Waals surface area contributed by atoms with Crippen molar-refractivity contribution in [1.29, 1.82) is 0 Å². The van der Waals surface area contributed by atoms with E-state index in [1.165, 1.54) is 30.9 Å². The van der Waals surface area contributed by atoms with E-state index in [2.05, 4.69) is 67.6 Å². The molecular weight excluding hydrogens is 459 g/mol. The fraction of sp³-hybridized carbons (Fsp3) is 0.143. The minimum Gasteiger partial charge on any atom is -0.222 e. The van der Waals surface area contributed by atoms with E-state index in [0.717, 1.165) is 0 Å². The van der Waals surface area contributed by atoms with E-state index in [9.17, 15) is 0 Å². The van der Waals surface area contributed by atoms with E-state index in [0.29, 0.717) is 0 Å². The van der Waals surface area contributed by atoms with E-state index < -0.39 is 10.2 Å². The van der Waals surface area contributed by atoms with Crippen molar-refractivity contribution in [2.45, 2.75) is 6.92 Å². The van der Waals surface area contributed by atoms with Crippen molar-refractivity contribution in [3.8, 4) is 21.1 Å². The molecule has 0 amide bonds. The van der Waals surface area contributed by atoms with Gasteiger partial charge in [-0.2, -0.15) is 0 Å². The fourth-order valence-electron chi connectivity index (χ4n) is 2.40. The molecule has 0 atom stereocenters. The van der Waals surface area contributed by atoms with Gasteiger partial charge in [-0.25, -0.2) is 18.6 Å². The maximum Gasteiger partial charge on any atom is -0.112 e. The van der Waals surface area contributed by atoms with Crippen molar-refractivity contribution >= 4 is 20.8 Å². The van der Waals surface area contributed by atoms with E-state index in [1.807, 2.05) is 31.1 Å². The smallest absolute Gasteiger partial charge is 0.112 e. The Morgan fingerprint density at radius 3 is 1.97 bits per heavy atom. The molecule has 3 aromatic rings. The second kappa shape index (κ2) is 10.6. The maximum atomic E-state index is 8.49. The summed E-state index contributed by atoms with van der Waals surface area (Å²) < 4.78 is 38.5. The molecule has 0 bridgehead atoms. The topological polar surface area (TPSA) is 108 Å². The molecule has 0 N–H and O–H groups in total. The standard InChI is InChI=1S/C21H21N2Se.ClHO4/c1-16-9-11-18(12-10-16)20-14-13-19(17-7-5-4-6-8-17)21(24-20)22-15-23(2)3;2-1(3,4)5/h4-15H,1-3H3;(H,2,3,4,5)/q+1;/p-1. The summed E-state index contributed by atoms with van der Waals surface area (Å²) in [5, 5.41) is 0. The Bertz CT molecular complexity index is 1020. The quantitative estimate of drug-likeness (QED) is 0.204. The second-order valence-electron chi connectivity index (χ2n) is 6.34. The Morgan fingerprint density at radius 1 is 0.828 bits per heavy atom. The van der Waals surface area contributed by atoms with Gasteiger partial charge in [-0.15, -0.1) is 10.2 Å². The van der Waals surface area contributed by atoms with Crippen LogP contribution in [-0.2, 0) is 0 Å². The van der Waals surface area contributed by atoms with Crippen LogP contribution in [0.4, 0.5) is 0 Å². The van der Waals surface area contributed by atoms with E-state index >= 15 is 0 Å². The first-order valence-corrected chi connectivity index (χ1v) is 11.5. The third-order valence-corrected chi connectivity index (χ3v) is 5.99. The minimum absolute atomic E-state index is 0.182. The van der Waals surface area contributed by atoms with Gasteiger partial charge in [0.15, 0.2) is 0 Å². The first kappa shape index (κ1) is 23.2. The van der Waals surface area contributed by atoms with Crippen LogP contribution in [0.25, 0.3) is 21.1 Å². The molecule has 1 aromatic heterocycles. The Labute approximate surface area is 177 Å². The predicted molar refractivity (Wildman–Crippen MR) is 103 cm³/mol. The first-order valence-electron chi connectivity index (χ1n) is 8.55. The van der Waals surface area contributed by atoms with Gasteiger partial charge in [0.05, 0.1) is 0 Å². The summed E-state index contributed by atoms with van der Waals surface area (Å²) in [6.45, 7) is 2.12. The van der Waals surface area contributed by atoms with Gasteiger partial charge in [-0.3, -0.25) is 0 Å². The monoisotopic (exact) mass is 480 g/mol. The van der Waals surface area contributed by atoms with E-state index in [1.54, 1.807) is 0 Å². The summed E-state index contributed by atoms with van der Waals surface area (Å²) in [7, 11) is -0.939. The molecule has 0 aliphatic heterocycles. The van der Waals surface area contributed by atoms with Crippen LogP contribution in [-0.4, -0.2) is 39.5 Å². The Kier molecular flexibility index (Phi) is 8.49. The van der Waals surface area contributed by atoms with Gasteiger partial charge in [0.2, 0.25) is 0 Å². The van der Waals surface area contributed by atoms with Crippen LogP contribution in [0.3, 0.4) is 0 Å². The van der Waals surface area contributed by atoms with Crippen LogP contribution in [0.1, 0.15) is 5.56 Å². The molecule has 0 saturated heterocycles. The molecule has 0 saturated carbocycles. The Morgan fingerprint density at radius 2 is 1.41 bits per heavy atom. The molecule has 1 heterocycles. The zero-order valence-electron chi connectivity index (χ0n) is 16.2. The van der Waals surface area contributed by atoms with Crippen LogP contribution in [0.15, 0.2) is 71.7 Å². The maximum absolute atomic E-state index is 8.49. The number of halogens is 1. The Balaban J connectivity index is 0.000000537. The summed E-state index contributed by atoms with van der Waals surface area (Å²) in [5.41, 5.74) is 5.04. The van der Waals surface area contributed by atoms with Crippen LogP contribution in [0, 0.1) is 17.2 Å². The molecule has 6 nitrogen and oxygen atoms in total. The largest absolute Gasteiger partial charge is 0.222 e. The molecule has 3 rings (SSSR count). The SMILES string of the molecule is Cc1ccc(-c2ccc(-c3ccccc3)c(=NC=[N+](C)C)[se]2)cc1.[O-][Cl+3]([O-])([O-])[O-]. The van der Waals surface area contributed by atoms with Crippen LogP contribution < -0.4 is 22.9 Å². The zero-order valence-corrected chi connectivity index (χ0v) is 18.7. The van der Waals surface area contributed by atoms with Crippen molar-refractivity contribution < 1.29 is 33.5 Å². The van der Waals surface area contributed by atoms with Crippen molar-refractivity contribution in [1.82, 2.24) is 0 Å². The van der Waals surface area contributed by atoms with Gasteiger partial charge in [-0.1, -0.05) is 0 Å². The van der Waals surface area contributed by atoms with E-state index in [4.69, 9.17) is 23.6 Å². The number of hydrogen-bond acceptors (Lipinski definition) is 4. The molecule has 0 aliphatic rings. The number of nitrogens with zero attached hydrogens (tertiary/aromatic N) is 2. The first-order chi connectivity index (χ1) is 13.6. The average molecular weight is 480 g/mol. The summed E-state index contributed by atoms with van der Waals surface area (Å²) in [5.74, 6) is 0. The van der Waals surface area contributed by atoms with Crippen molar-refractivity contribution in [2.24, 2.45) is 4.99 Å². The van der Waals surface area contributed by atoms with Gasteiger partial charge in [0.1, 0.15) is 0 Å². The molecule has 0 unspecified atom stereocenters. The van der Waals surface area contributed by atoms with Gasteiger partial charge < -0.3 is 0 Å². The van der Waals surface area contributed by atoms with Gasteiger partial charge in [0.25, 0.3) is 0 Å². The number of rotatable bonds is 3. The third kappa shape index (κ3) is 8.43. The summed E-state index contributed by atoms with van der Waals surface area (Å²) in [4.78, 5) is 4.77. The average Bonchev–Trinajstić information content (AvgIpc) is 2.66. The number of benzene rings is 2. The van der Waals surface area contributed by atoms with Gasteiger partial charge in [0, 0.05) is 0 Å². The van der Waals surface area contributed by atoms with Crippen molar-refractivity contribution in [3.05, 3.63) is 76.5 Å². The normalized spacial score (nSPS) is 11.5.